The lowest BCUT2D eigenvalue weighted by atomic mass is 10.2. The molecule has 0 aliphatic heterocycles. The second kappa shape index (κ2) is 14.3. The van der Waals surface area contributed by atoms with Gasteiger partial charge in [0.2, 0.25) is 0 Å². The van der Waals surface area contributed by atoms with Crippen molar-refractivity contribution < 1.29 is 19.3 Å². The number of hydrogen-bond donors (Lipinski definition) is 2. The lowest BCUT2D eigenvalue weighted by molar-refractivity contribution is -0.153. The Morgan fingerprint density at radius 2 is 1.15 bits per heavy atom. The number of carbonyl (C=O) groups is 2. The Morgan fingerprint density at radius 3 is 1.50 bits per heavy atom. The summed E-state index contributed by atoms with van der Waals surface area (Å²) in [6, 6.07) is 0. The summed E-state index contributed by atoms with van der Waals surface area (Å²) in [5, 5.41) is 0. The third-order valence-corrected chi connectivity index (χ3v) is 2.65. The molecule has 0 saturated heterocycles. The summed E-state index contributed by atoms with van der Waals surface area (Å²) in [5.74, 6) is -0.564. The van der Waals surface area contributed by atoms with Crippen LogP contribution in [0.5, 0.6) is 0 Å². The first-order valence-electron chi connectivity index (χ1n) is 7.55. The summed E-state index contributed by atoms with van der Waals surface area (Å²) in [6.45, 7) is 5.50. The van der Waals surface area contributed by atoms with Gasteiger partial charge in [-0.3, -0.25) is 9.59 Å². The molecule has 20 heavy (non-hydrogen) atoms. The molecule has 0 aromatic rings. The molecule has 0 bridgehead atoms. The van der Waals surface area contributed by atoms with E-state index >= 15 is 0 Å². The molecule has 6 heteroatoms. The second-order valence-electron chi connectivity index (χ2n) is 4.65. The zero-order valence-corrected chi connectivity index (χ0v) is 12.7. The highest BCUT2D eigenvalue weighted by molar-refractivity contribution is 5.70. The van der Waals surface area contributed by atoms with Crippen molar-refractivity contribution in [2.75, 3.05) is 13.1 Å². The summed E-state index contributed by atoms with van der Waals surface area (Å²) < 4.78 is 0. The highest BCUT2D eigenvalue weighted by atomic mass is 16.7. The molecule has 0 atom stereocenters. The van der Waals surface area contributed by atoms with Gasteiger partial charge >= 0.3 is 11.9 Å². The molecule has 0 radical (unpaired) electrons. The predicted molar refractivity (Wildman–Crippen MR) is 76.5 cm³/mol. The van der Waals surface area contributed by atoms with E-state index in [1.54, 1.807) is 0 Å². The maximum Gasteiger partial charge on any atom is 0.324 e. The third-order valence-electron chi connectivity index (χ3n) is 2.65. The number of rotatable bonds is 13. The third kappa shape index (κ3) is 13.3. The van der Waals surface area contributed by atoms with Crippen LogP contribution in [0, 0.1) is 0 Å². The van der Waals surface area contributed by atoms with E-state index in [0.717, 1.165) is 25.7 Å². The summed E-state index contributed by atoms with van der Waals surface area (Å²) in [7, 11) is 0. The van der Waals surface area contributed by atoms with Crippen LogP contribution in [0.3, 0.4) is 0 Å². The Kier molecular flexibility index (Phi) is 13.5. The SMILES string of the molecule is CCCCNOC(=O)CCCCC(=O)ONCCCC. The molecule has 118 valence electrons. The molecule has 0 unspecified atom stereocenters. The smallest absolute Gasteiger partial charge is 0.324 e. The standard InChI is InChI=1S/C14H28N2O4/c1-3-5-11-15-19-13(17)9-7-8-10-14(18)20-16-12-6-4-2/h15-16H,3-12H2,1-2H3. The van der Waals surface area contributed by atoms with E-state index in [1.165, 1.54) is 0 Å². The Morgan fingerprint density at radius 1 is 0.750 bits per heavy atom. The lowest BCUT2D eigenvalue weighted by Crippen LogP contribution is -2.21. The average molecular weight is 288 g/mol. The van der Waals surface area contributed by atoms with E-state index in [-0.39, 0.29) is 11.9 Å². The van der Waals surface area contributed by atoms with E-state index < -0.39 is 0 Å². The van der Waals surface area contributed by atoms with Crippen LogP contribution in [-0.4, -0.2) is 25.0 Å². The fourth-order valence-electron chi connectivity index (χ4n) is 1.40. The lowest BCUT2D eigenvalue weighted by Gasteiger charge is -2.06. The molecule has 0 fully saturated rings. The summed E-state index contributed by atoms with van der Waals surface area (Å²) in [6.07, 6.45) is 5.94. The van der Waals surface area contributed by atoms with Crippen LogP contribution in [0.1, 0.15) is 65.2 Å². The highest BCUT2D eigenvalue weighted by Gasteiger charge is 2.06. The van der Waals surface area contributed by atoms with Gasteiger partial charge in [-0.05, 0) is 25.7 Å². The van der Waals surface area contributed by atoms with Crippen molar-refractivity contribution in [1.82, 2.24) is 11.0 Å². The van der Waals surface area contributed by atoms with Crippen LogP contribution in [0.15, 0.2) is 0 Å². The number of carbonyl (C=O) groups excluding carboxylic acids is 2. The van der Waals surface area contributed by atoms with E-state index in [0.29, 0.717) is 38.8 Å². The van der Waals surface area contributed by atoms with E-state index in [1.807, 2.05) is 0 Å². The molecular formula is C14H28N2O4. The van der Waals surface area contributed by atoms with Gasteiger partial charge in [0, 0.05) is 25.9 Å². The summed E-state index contributed by atoms with van der Waals surface area (Å²) in [5.41, 5.74) is 5.25. The fourth-order valence-corrected chi connectivity index (χ4v) is 1.40. The number of unbranched alkanes of at least 4 members (excludes halogenated alkanes) is 3. The van der Waals surface area contributed by atoms with Crippen molar-refractivity contribution in [3.8, 4) is 0 Å². The van der Waals surface area contributed by atoms with Gasteiger partial charge in [-0.15, -0.1) is 0 Å². The van der Waals surface area contributed by atoms with Crippen LogP contribution in [0.25, 0.3) is 0 Å². The minimum Gasteiger partial charge on any atom is -0.371 e. The van der Waals surface area contributed by atoms with Gasteiger partial charge in [0.15, 0.2) is 0 Å². The van der Waals surface area contributed by atoms with Gasteiger partial charge in [-0.25, -0.2) is 0 Å². The molecule has 0 saturated carbocycles. The normalized spacial score (nSPS) is 10.3. The molecule has 6 nitrogen and oxygen atoms in total. The van der Waals surface area contributed by atoms with Crippen LogP contribution in [0.4, 0.5) is 0 Å². The average Bonchev–Trinajstić information content (AvgIpc) is 2.44. The highest BCUT2D eigenvalue weighted by Crippen LogP contribution is 2.02. The van der Waals surface area contributed by atoms with Crippen molar-refractivity contribution >= 4 is 11.9 Å². The monoisotopic (exact) mass is 288 g/mol. The van der Waals surface area contributed by atoms with Crippen LogP contribution < -0.4 is 11.0 Å². The quantitative estimate of drug-likeness (QED) is 0.400. The van der Waals surface area contributed by atoms with Crippen LogP contribution >= 0.6 is 0 Å². The molecule has 0 rings (SSSR count). The molecule has 0 aliphatic carbocycles. The van der Waals surface area contributed by atoms with Gasteiger partial charge in [0.05, 0.1) is 0 Å². The molecule has 2 N–H and O–H groups in total. The molecule has 0 spiro atoms. The van der Waals surface area contributed by atoms with Gasteiger partial charge in [0.25, 0.3) is 0 Å². The van der Waals surface area contributed by atoms with Gasteiger partial charge in [0.1, 0.15) is 0 Å². The topological polar surface area (TPSA) is 76.7 Å². The van der Waals surface area contributed by atoms with Gasteiger partial charge in [-0.2, -0.15) is 11.0 Å². The molecule has 0 aromatic carbocycles. The number of hydrogen-bond acceptors (Lipinski definition) is 6. The van der Waals surface area contributed by atoms with Crippen molar-refractivity contribution in [2.24, 2.45) is 0 Å². The molecule has 0 amide bonds. The van der Waals surface area contributed by atoms with E-state index in [4.69, 9.17) is 9.68 Å². The molecular weight excluding hydrogens is 260 g/mol. The second-order valence-corrected chi connectivity index (χ2v) is 4.65. The van der Waals surface area contributed by atoms with Crippen molar-refractivity contribution in [1.29, 1.82) is 0 Å². The summed E-state index contributed by atoms with van der Waals surface area (Å²) in [4.78, 5) is 32.2. The molecule has 0 aromatic heterocycles. The maximum atomic E-state index is 11.3. The summed E-state index contributed by atoms with van der Waals surface area (Å²) >= 11 is 0. The molecule has 0 aliphatic rings. The zero-order valence-electron chi connectivity index (χ0n) is 12.7. The predicted octanol–water partition coefficient (Wildman–Crippen LogP) is 2.24. The van der Waals surface area contributed by atoms with Crippen LogP contribution in [-0.2, 0) is 19.3 Å². The first-order chi connectivity index (χ1) is 9.70. The van der Waals surface area contributed by atoms with Crippen molar-refractivity contribution in [2.45, 2.75) is 65.2 Å². The minimum absolute atomic E-state index is 0.282. The fraction of sp³-hybridized carbons (Fsp3) is 0.857. The Balaban J connectivity index is 3.32. The Bertz CT molecular complexity index is 234. The Labute approximate surface area is 121 Å². The van der Waals surface area contributed by atoms with E-state index in [9.17, 15) is 9.59 Å². The molecule has 0 heterocycles. The first-order valence-corrected chi connectivity index (χ1v) is 7.55. The number of hydroxylamine groups is 2. The first kappa shape index (κ1) is 18.9. The number of nitrogens with one attached hydrogen (secondary N) is 2. The van der Waals surface area contributed by atoms with Crippen molar-refractivity contribution in [3.05, 3.63) is 0 Å². The zero-order chi connectivity index (χ0) is 15.1. The maximum absolute atomic E-state index is 11.3. The van der Waals surface area contributed by atoms with Gasteiger partial charge in [-0.1, -0.05) is 26.7 Å². The van der Waals surface area contributed by atoms with E-state index in [2.05, 4.69) is 24.8 Å². The minimum atomic E-state index is -0.282. The largest absolute Gasteiger partial charge is 0.371 e. The van der Waals surface area contributed by atoms with Crippen LogP contribution in [0.2, 0.25) is 0 Å². The van der Waals surface area contributed by atoms with Gasteiger partial charge < -0.3 is 9.68 Å². The Hall–Kier alpha value is -1.14. The van der Waals surface area contributed by atoms with Crippen molar-refractivity contribution in [3.63, 3.8) is 0 Å².